The number of halogens is 1. The molecule has 0 heterocycles. The summed E-state index contributed by atoms with van der Waals surface area (Å²) >= 11 is 5.79. The Labute approximate surface area is 134 Å². The van der Waals surface area contributed by atoms with Crippen LogP contribution in [0.4, 0.5) is 10.5 Å². The summed E-state index contributed by atoms with van der Waals surface area (Å²) in [6.45, 7) is 0.741. The summed E-state index contributed by atoms with van der Waals surface area (Å²) in [6.07, 6.45) is 0. The van der Waals surface area contributed by atoms with E-state index in [0.717, 1.165) is 0 Å². The normalized spacial score (nSPS) is 9.91. The van der Waals surface area contributed by atoms with Crippen LogP contribution in [0, 0.1) is 0 Å². The zero-order chi connectivity index (χ0) is 15.8. The van der Waals surface area contributed by atoms with Gasteiger partial charge in [-0.15, -0.1) is 0 Å². The SMILES string of the molecule is COc1ccccc1NC(=O)NCCOc1ccc(Cl)cc1. The molecule has 0 aromatic heterocycles. The monoisotopic (exact) mass is 320 g/mol. The third-order valence-electron chi connectivity index (χ3n) is 2.83. The molecule has 2 aromatic carbocycles. The highest BCUT2D eigenvalue weighted by Gasteiger charge is 2.05. The molecule has 6 heteroatoms. The van der Waals surface area contributed by atoms with Crippen molar-refractivity contribution >= 4 is 23.3 Å². The van der Waals surface area contributed by atoms with Gasteiger partial charge in [0.15, 0.2) is 0 Å². The second-order valence-electron chi connectivity index (χ2n) is 4.38. The summed E-state index contributed by atoms with van der Waals surface area (Å²) in [6, 6.07) is 13.9. The topological polar surface area (TPSA) is 59.6 Å². The van der Waals surface area contributed by atoms with E-state index < -0.39 is 0 Å². The van der Waals surface area contributed by atoms with Crippen LogP contribution in [0.5, 0.6) is 11.5 Å². The fourth-order valence-electron chi connectivity index (χ4n) is 1.78. The number of ether oxygens (including phenoxy) is 2. The Hall–Kier alpha value is -2.40. The molecule has 0 radical (unpaired) electrons. The number of hydrogen-bond donors (Lipinski definition) is 2. The molecule has 0 unspecified atom stereocenters. The standard InChI is InChI=1S/C16H17ClN2O3/c1-21-15-5-3-2-4-14(15)19-16(20)18-10-11-22-13-8-6-12(17)7-9-13/h2-9H,10-11H2,1H3,(H2,18,19,20). The van der Waals surface area contributed by atoms with Crippen LogP contribution in [0.25, 0.3) is 0 Å². The smallest absolute Gasteiger partial charge is 0.319 e. The van der Waals surface area contributed by atoms with Crippen molar-refractivity contribution in [3.63, 3.8) is 0 Å². The van der Waals surface area contributed by atoms with Gasteiger partial charge in [-0.2, -0.15) is 0 Å². The minimum absolute atomic E-state index is 0.316. The third kappa shape index (κ3) is 4.86. The lowest BCUT2D eigenvalue weighted by molar-refractivity contribution is 0.247. The van der Waals surface area contributed by atoms with E-state index in [1.807, 2.05) is 12.1 Å². The molecule has 0 spiro atoms. The fourth-order valence-corrected chi connectivity index (χ4v) is 1.90. The van der Waals surface area contributed by atoms with Gasteiger partial charge in [0.05, 0.1) is 19.3 Å². The molecule has 2 rings (SSSR count). The molecule has 22 heavy (non-hydrogen) atoms. The molecule has 0 atom stereocenters. The lowest BCUT2D eigenvalue weighted by Crippen LogP contribution is -2.32. The first kappa shape index (κ1) is 16.0. The van der Waals surface area contributed by atoms with E-state index in [-0.39, 0.29) is 6.03 Å². The number of hydrogen-bond acceptors (Lipinski definition) is 3. The summed E-state index contributed by atoms with van der Waals surface area (Å²) in [5.74, 6) is 1.31. The van der Waals surface area contributed by atoms with E-state index in [1.165, 1.54) is 0 Å². The molecule has 0 saturated heterocycles. The Balaban J connectivity index is 1.72. The van der Waals surface area contributed by atoms with Crippen LogP contribution in [0.1, 0.15) is 0 Å². The lowest BCUT2D eigenvalue weighted by Gasteiger charge is -2.11. The molecule has 0 bridgehead atoms. The zero-order valence-electron chi connectivity index (χ0n) is 12.1. The average Bonchev–Trinajstić information content (AvgIpc) is 2.54. The van der Waals surface area contributed by atoms with Gasteiger partial charge in [-0.05, 0) is 36.4 Å². The molecule has 0 aliphatic rings. The maximum absolute atomic E-state index is 11.8. The molecule has 0 saturated carbocycles. The van der Waals surface area contributed by atoms with Crippen LogP contribution in [0.2, 0.25) is 5.02 Å². The first-order valence-corrected chi connectivity index (χ1v) is 7.13. The Morgan fingerprint density at radius 2 is 1.86 bits per heavy atom. The number of nitrogens with one attached hydrogen (secondary N) is 2. The maximum Gasteiger partial charge on any atom is 0.319 e. The van der Waals surface area contributed by atoms with Gasteiger partial charge in [0.1, 0.15) is 18.1 Å². The Kier molecular flexibility index (Phi) is 5.91. The van der Waals surface area contributed by atoms with E-state index in [9.17, 15) is 4.79 Å². The number of rotatable bonds is 6. The number of carbonyl (C=O) groups excluding carboxylic acids is 1. The molecular weight excluding hydrogens is 304 g/mol. The van der Waals surface area contributed by atoms with Gasteiger partial charge in [-0.3, -0.25) is 0 Å². The van der Waals surface area contributed by atoms with Crippen LogP contribution in [-0.2, 0) is 0 Å². The van der Waals surface area contributed by atoms with Crippen molar-refractivity contribution in [2.24, 2.45) is 0 Å². The highest BCUT2D eigenvalue weighted by Crippen LogP contribution is 2.22. The number of methoxy groups -OCH3 is 1. The number of benzene rings is 2. The average molecular weight is 321 g/mol. The van der Waals surface area contributed by atoms with Crippen LogP contribution in [0.3, 0.4) is 0 Å². The van der Waals surface area contributed by atoms with Crippen molar-refractivity contribution in [1.82, 2.24) is 5.32 Å². The molecule has 116 valence electrons. The summed E-state index contributed by atoms with van der Waals surface area (Å²) in [4.78, 5) is 11.8. The molecule has 0 aliphatic heterocycles. The summed E-state index contributed by atoms with van der Waals surface area (Å²) in [5.41, 5.74) is 0.612. The molecule has 2 N–H and O–H groups in total. The van der Waals surface area contributed by atoms with Gasteiger partial charge < -0.3 is 20.1 Å². The van der Waals surface area contributed by atoms with E-state index >= 15 is 0 Å². The summed E-state index contributed by atoms with van der Waals surface area (Å²) in [7, 11) is 1.55. The number of urea groups is 1. The van der Waals surface area contributed by atoms with Crippen molar-refractivity contribution in [2.45, 2.75) is 0 Å². The highest BCUT2D eigenvalue weighted by atomic mass is 35.5. The molecule has 2 amide bonds. The second-order valence-corrected chi connectivity index (χ2v) is 4.82. The number of carbonyl (C=O) groups is 1. The van der Waals surface area contributed by atoms with Crippen LogP contribution in [0.15, 0.2) is 48.5 Å². The van der Waals surface area contributed by atoms with E-state index in [1.54, 1.807) is 43.5 Å². The number of anilines is 1. The highest BCUT2D eigenvalue weighted by molar-refractivity contribution is 6.30. The van der Waals surface area contributed by atoms with Crippen LogP contribution < -0.4 is 20.1 Å². The zero-order valence-corrected chi connectivity index (χ0v) is 12.9. The van der Waals surface area contributed by atoms with Gasteiger partial charge in [0.2, 0.25) is 0 Å². The van der Waals surface area contributed by atoms with Crippen molar-refractivity contribution < 1.29 is 14.3 Å². The minimum Gasteiger partial charge on any atom is -0.495 e. The van der Waals surface area contributed by atoms with E-state index in [2.05, 4.69) is 10.6 Å². The maximum atomic E-state index is 11.8. The van der Waals surface area contributed by atoms with Crippen molar-refractivity contribution in [3.8, 4) is 11.5 Å². The Bertz CT molecular complexity index is 617. The van der Waals surface area contributed by atoms with Crippen LogP contribution >= 0.6 is 11.6 Å². The van der Waals surface area contributed by atoms with Crippen molar-refractivity contribution in [2.75, 3.05) is 25.6 Å². The molecule has 2 aromatic rings. The number of amides is 2. The van der Waals surface area contributed by atoms with Crippen molar-refractivity contribution in [3.05, 3.63) is 53.6 Å². The molecule has 0 aliphatic carbocycles. The first-order chi connectivity index (χ1) is 10.7. The van der Waals surface area contributed by atoms with E-state index in [4.69, 9.17) is 21.1 Å². The Morgan fingerprint density at radius 1 is 1.14 bits per heavy atom. The molecular formula is C16H17ClN2O3. The quantitative estimate of drug-likeness (QED) is 0.800. The van der Waals surface area contributed by atoms with Gasteiger partial charge in [0.25, 0.3) is 0 Å². The minimum atomic E-state index is -0.316. The molecule has 5 nitrogen and oxygen atoms in total. The largest absolute Gasteiger partial charge is 0.495 e. The fraction of sp³-hybridized carbons (Fsp3) is 0.188. The molecule has 0 fully saturated rings. The number of para-hydroxylation sites is 2. The van der Waals surface area contributed by atoms with Gasteiger partial charge >= 0.3 is 6.03 Å². The second kappa shape index (κ2) is 8.14. The van der Waals surface area contributed by atoms with Gasteiger partial charge in [-0.25, -0.2) is 4.79 Å². The summed E-state index contributed by atoms with van der Waals surface area (Å²) < 4.78 is 10.6. The first-order valence-electron chi connectivity index (χ1n) is 6.75. The predicted molar refractivity (Wildman–Crippen MR) is 87.0 cm³/mol. The predicted octanol–water partition coefficient (Wildman–Crippen LogP) is 3.55. The van der Waals surface area contributed by atoms with Crippen molar-refractivity contribution in [1.29, 1.82) is 0 Å². The third-order valence-corrected chi connectivity index (χ3v) is 3.08. The van der Waals surface area contributed by atoms with Crippen LogP contribution in [-0.4, -0.2) is 26.3 Å². The Morgan fingerprint density at radius 3 is 2.59 bits per heavy atom. The summed E-state index contributed by atoms with van der Waals surface area (Å²) in [5, 5.41) is 6.08. The van der Waals surface area contributed by atoms with Gasteiger partial charge in [-0.1, -0.05) is 23.7 Å². The lowest BCUT2D eigenvalue weighted by atomic mass is 10.3. The van der Waals surface area contributed by atoms with Gasteiger partial charge in [0, 0.05) is 5.02 Å². The van der Waals surface area contributed by atoms with E-state index in [0.29, 0.717) is 35.4 Å².